The summed E-state index contributed by atoms with van der Waals surface area (Å²) < 4.78 is 5.76. The summed E-state index contributed by atoms with van der Waals surface area (Å²) in [5.41, 5.74) is 0. The van der Waals surface area contributed by atoms with Crippen molar-refractivity contribution in [1.29, 1.82) is 0 Å². The summed E-state index contributed by atoms with van der Waals surface area (Å²) in [5.74, 6) is 0.607. The molecule has 1 saturated carbocycles. The van der Waals surface area contributed by atoms with Crippen LogP contribution in [0.4, 0.5) is 0 Å². The Morgan fingerprint density at radius 2 is 1.79 bits per heavy atom. The normalized spacial score (nSPS) is 40.1. The Bertz CT molecular complexity index is 205. The molecule has 0 radical (unpaired) electrons. The molecule has 0 amide bonds. The second-order valence-electron chi connectivity index (χ2n) is 5.08. The summed E-state index contributed by atoms with van der Waals surface area (Å²) in [5, 5.41) is 9.85. The van der Waals surface area contributed by atoms with Crippen molar-refractivity contribution in [2.24, 2.45) is 5.92 Å². The van der Waals surface area contributed by atoms with Gasteiger partial charge in [0.15, 0.2) is 0 Å². The largest absolute Gasteiger partial charge is 0.392 e. The molecule has 1 N–H and O–H groups in total. The third-order valence-electron chi connectivity index (χ3n) is 3.73. The lowest BCUT2D eigenvalue weighted by Crippen LogP contribution is -2.46. The first-order chi connectivity index (χ1) is 6.81. The van der Waals surface area contributed by atoms with Gasteiger partial charge in [0.2, 0.25) is 0 Å². The van der Waals surface area contributed by atoms with Crippen LogP contribution in [-0.2, 0) is 4.74 Å². The third kappa shape index (κ3) is 1.81. The Labute approximate surface area is 85.0 Å². The minimum Gasteiger partial charge on any atom is -0.392 e. The summed E-state index contributed by atoms with van der Waals surface area (Å²) in [6.45, 7) is 2.96. The van der Waals surface area contributed by atoms with Gasteiger partial charge in [-0.25, -0.2) is 0 Å². The Balaban J connectivity index is 1.52. The van der Waals surface area contributed by atoms with Crippen LogP contribution in [0.5, 0.6) is 0 Å². The number of hydrogen-bond acceptors (Lipinski definition) is 3. The minimum absolute atomic E-state index is 0.0764. The van der Waals surface area contributed by atoms with Crippen LogP contribution in [0.3, 0.4) is 0 Å². The zero-order valence-electron chi connectivity index (χ0n) is 8.56. The molecule has 2 bridgehead atoms. The van der Waals surface area contributed by atoms with Crippen LogP contribution in [0, 0.1) is 5.92 Å². The number of morpholine rings is 1. The van der Waals surface area contributed by atoms with Crippen LogP contribution in [0.25, 0.3) is 0 Å². The lowest BCUT2D eigenvalue weighted by molar-refractivity contribution is -0.0512. The summed E-state index contributed by atoms with van der Waals surface area (Å²) in [7, 11) is 0. The number of aliphatic hydroxyl groups is 1. The lowest BCUT2D eigenvalue weighted by Gasteiger charge is -2.33. The first-order valence-electron chi connectivity index (χ1n) is 5.87. The molecule has 1 aliphatic carbocycles. The first kappa shape index (κ1) is 9.13. The molecule has 14 heavy (non-hydrogen) atoms. The predicted octanol–water partition coefficient (Wildman–Crippen LogP) is 0.620. The van der Waals surface area contributed by atoms with E-state index in [4.69, 9.17) is 4.74 Å². The maximum absolute atomic E-state index is 9.85. The number of likely N-dealkylation sites (tertiary alicyclic amines) is 1. The van der Waals surface area contributed by atoms with Crippen LogP contribution < -0.4 is 0 Å². The van der Waals surface area contributed by atoms with E-state index < -0.39 is 0 Å². The number of hydrogen-bond donors (Lipinski definition) is 1. The molecule has 2 saturated heterocycles. The van der Waals surface area contributed by atoms with E-state index in [1.807, 2.05) is 0 Å². The number of fused-ring (bicyclic) bond motifs is 2. The summed E-state index contributed by atoms with van der Waals surface area (Å²) in [4.78, 5) is 2.40. The Morgan fingerprint density at radius 1 is 1.14 bits per heavy atom. The van der Waals surface area contributed by atoms with Crippen molar-refractivity contribution >= 4 is 0 Å². The van der Waals surface area contributed by atoms with Crippen LogP contribution >= 0.6 is 0 Å². The van der Waals surface area contributed by atoms with Crippen LogP contribution in [0.1, 0.15) is 25.7 Å². The zero-order valence-corrected chi connectivity index (χ0v) is 8.56. The Morgan fingerprint density at radius 3 is 2.36 bits per heavy atom. The maximum atomic E-state index is 9.85. The molecule has 3 rings (SSSR count). The highest BCUT2D eigenvalue weighted by Crippen LogP contribution is 2.34. The van der Waals surface area contributed by atoms with Crippen molar-refractivity contribution in [3.63, 3.8) is 0 Å². The van der Waals surface area contributed by atoms with E-state index in [1.165, 1.54) is 25.7 Å². The van der Waals surface area contributed by atoms with E-state index in [0.29, 0.717) is 18.1 Å². The smallest absolute Gasteiger partial charge is 0.0707 e. The van der Waals surface area contributed by atoms with Crippen LogP contribution in [-0.4, -0.2) is 48.0 Å². The monoisotopic (exact) mass is 197 g/mol. The van der Waals surface area contributed by atoms with E-state index in [0.717, 1.165) is 19.6 Å². The highest BCUT2D eigenvalue weighted by Gasteiger charge is 2.36. The average Bonchev–Trinajstić information content (AvgIpc) is 2.94. The standard InChI is InChI=1S/C11H19NO2/c13-11(8-1-2-8)7-12-5-9-3-4-10(6-12)14-9/h8-11,13H,1-7H2. The fourth-order valence-electron chi connectivity index (χ4n) is 2.74. The number of aliphatic hydroxyl groups excluding tert-OH is 1. The van der Waals surface area contributed by atoms with E-state index in [-0.39, 0.29) is 6.10 Å². The molecule has 0 aromatic heterocycles. The van der Waals surface area contributed by atoms with Gasteiger partial charge >= 0.3 is 0 Å². The van der Waals surface area contributed by atoms with Crippen molar-refractivity contribution in [2.75, 3.05) is 19.6 Å². The van der Waals surface area contributed by atoms with Crippen molar-refractivity contribution in [2.45, 2.75) is 44.0 Å². The molecule has 3 nitrogen and oxygen atoms in total. The zero-order chi connectivity index (χ0) is 9.54. The van der Waals surface area contributed by atoms with Crippen molar-refractivity contribution < 1.29 is 9.84 Å². The van der Waals surface area contributed by atoms with Gasteiger partial charge in [-0.05, 0) is 31.6 Å². The molecule has 3 unspecified atom stereocenters. The van der Waals surface area contributed by atoms with E-state index in [2.05, 4.69) is 4.90 Å². The molecular formula is C11H19NO2. The molecule has 2 aliphatic heterocycles. The molecule has 2 heterocycles. The van der Waals surface area contributed by atoms with Gasteiger partial charge in [0.05, 0.1) is 18.3 Å². The first-order valence-corrected chi connectivity index (χ1v) is 5.87. The van der Waals surface area contributed by atoms with Gasteiger partial charge in [0, 0.05) is 19.6 Å². The highest BCUT2D eigenvalue weighted by molar-refractivity contribution is 4.88. The second-order valence-corrected chi connectivity index (χ2v) is 5.08. The Hall–Kier alpha value is -0.120. The quantitative estimate of drug-likeness (QED) is 0.720. The number of nitrogens with zero attached hydrogens (tertiary/aromatic N) is 1. The van der Waals surface area contributed by atoms with Gasteiger partial charge in [0.25, 0.3) is 0 Å². The number of ether oxygens (including phenoxy) is 1. The van der Waals surface area contributed by atoms with E-state index >= 15 is 0 Å². The fourth-order valence-corrected chi connectivity index (χ4v) is 2.74. The number of β-amino-alcohol motifs (C(OH)–C–C–N with tert-alkyl or cyclic N) is 1. The molecule has 3 heteroatoms. The summed E-state index contributed by atoms with van der Waals surface area (Å²) in [6.07, 6.45) is 5.76. The van der Waals surface area contributed by atoms with Crippen molar-refractivity contribution in [1.82, 2.24) is 4.90 Å². The van der Waals surface area contributed by atoms with Gasteiger partial charge in [-0.2, -0.15) is 0 Å². The van der Waals surface area contributed by atoms with Crippen LogP contribution in [0.15, 0.2) is 0 Å². The predicted molar refractivity (Wildman–Crippen MR) is 53.1 cm³/mol. The molecule has 0 spiro atoms. The molecular weight excluding hydrogens is 178 g/mol. The third-order valence-corrected chi connectivity index (χ3v) is 3.73. The Kier molecular flexibility index (Phi) is 2.26. The SMILES string of the molecule is OC(CN1CC2CCC(C1)O2)C1CC1. The molecule has 0 aromatic rings. The number of rotatable bonds is 3. The van der Waals surface area contributed by atoms with Crippen molar-refractivity contribution in [3.05, 3.63) is 0 Å². The minimum atomic E-state index is -0.0764. The lowest BCUT2D eigenvalue weighted by atomic mass is 10.2. The highest BCUT2D eigenvalue weighted by atomic mass is 16.5. The second kappa shape index (κ2) is 3.47. The van der Waals surface area contributed by atoms with E-state index in [1.54, 1.807) is 0 Å². The van der Waals surface area contributed by atoms with Crippen molar-refractivity contribution in [3.8, 4) is 0 Å². The molecule has 80 valence electrons. The van der Waals surface area contributed by atoms with E-state index in [9.17, 15) is 5.11 Å². The molecule has 3 atom stereocenters. The van der Waals surface area contributed by atoms with Gasteiger partial charge in [-0.1, -0.05) is 0 Å². The molecule has 3 fully saturated rings. The van der Waals surface area contributed by atoms with Gasteiger partial charge in [-0.15, -0.1) is 0 Å². The average molecular weight is 197 g/mol. The summed E-state index contributed by atoms with van der Waals surface area (Å²) >= 11 is 0. The summed E-state index contributed by atoms with van der Waals surface area (Å²) in [6, 6.07) is 0. The fraction of sp³-hybridized carbons (Fsp3) is 1.00. The topological polar surface area (TPSA) is 32.7 Å². The van der Waals surface area contributed by atoms with Crippen LogP contribution in [0.2, 0.25) is 0 Å². The van der Waals surface area contributed by atoms with Gasteiger partial charge in [-0.3, -0.25) is 4.90 Å². The molecule has 0 aromatic carbocycles. The van der Waals surface area contributed by atoms with Gasteiger partial charge < -0.3 is 9.84 Å². The maximum Gasteiger partial charge on any atom is 0.0707 e. The molecule has 3 aliphatic rings. The van der Waals surface area contributed by atoms with Gasteiger partial charge in [0.1, 0.15) is 0 Å².